The molecule has 0 atom stereocenters. The number of hydrogen-bond acceptors (Lipinski definition) is 2. The minimum absolute atomic E-state index is 0.284. The highest BCUT2D eigenvalue weighted by atomic mass is 16.3. The highest BCUT2D eigenvalue weighted by molar-refractivity contribution is 5.73. The molecule has 0 amide bonds. The first-order valence-electron chi connectivity index (χ1n) is 4.82. The Balaban J connectivity index is 2.58. The van der Waals surface area contributed by atoms with Crippen LogP contribution < -0.4 is 5.73 Å². The maximum Gasteiger partial charge on any atom is 0.123 e. The van der Waals surface area contributed by atoms with Gasteiger partial charge >= 0.3 is 0 Å². The van der Waals surface area contributed by atoms with Gasteiger partial charge in [-0.3, -0.25) is 0 Å². The molecule has 15 heavy (non-hydrogen) atoms. The number of phenolic OH excluding ortho intramolecular Hbond substituents is 1. The summed E-state index contributed by atoms with van der Waals surface area (Å²) in [5, 5.41) is 9.74. The lowest BCUT2D eigenvalue weighted by Crippen LogP contribution is -1.86. The Morgan fingerprint density at radius 3 is 2.60 bits per heavy atom. The highest BCUT2D eigenvalue weighted by Gasteiger charge is 2.04. The largest absolute Gasteiger partial charge is 0.507 e. The molecular weight excluding hydrogens is 186 g/mol. The number of nitrogens with two attached hydrogens (primary N) is 1. The Labute approximate surface area is 89.0 Å². The van der Waals surface area contributed by atoms with Gasteiger partial charge in [0.05, 0.1) is 0 Å². The molecule has 2 nitrogen and oxygen atoms in total. The van der Waals surface area contributed by atoms with Gasteiger partial charge in [0.2, 0.25) is 0 Å². The Kier molecular flexibility index (Phi) is 2.34. The molecule has 2 heteroatoms. The second-order valence-corrected chi connectivity index (χ2v) is 3.65. The van der Waals surface area contributed by atoms with Crippen molar-refractivity contribution in [2.24, 2.45) is 0 Å². The molecule has 0 saturated carbocycles. The van der Waals surface area contributed by atoms with E-state index in [0.717, 1.165) is 16.7 Å². The van der Waals surface area contributed by atoms with E-state index < -0.39 is 0 Å². The van der Waals surface area contributed by atoms with Gasteiger partial charge in [-0.2, -0.15) is 0 Å². The van der Waals surface area contributed by atoms with Crippen LogP contribution in [0.5, 0.6) is 5.75 Å². The Morgan fingerprint density at radius 2 is 1.87 bits per heavy atom. The van der Waals surface area contributed by atoms with Gasteiger partial charge in [-0.25, -0.2) is 0 Å². The van der Waals surface area contributed by atoms with E-state index in [-0.39, 0.29) is 5.75 Å². The van der Waals surface area contributed by atoms with Crippen molar-refractivity contribution in [3.05, 3.63) is 48.0 Å². The third-order valence-corrected chi connectivity index (χ3v) is 2.35. The Morgan fingerprint density at radius 1 is 1.07 bits per heavy atom. The van der Waals surface area contributed by atoms with Crippen LogP contribution in [0.4, 0.5) is 5.69 Å². The lowest BCUT2D eigenvalue weighted by Gasteiger charge is -2.06. The van der Waals surface area contributed by atoms with Crippen molar-refractivity contribution in [2.45, 2.75) is 6.92 Å². The van der Waals surface area contributed by atoms with Crippen LogP contribution >= 0.6 is 0 Å². The predicted molar refractivity (Wildman–Crippen MR) is 62.7 cm³/mol. The van der Waals surface area contributed by atoms with Crippen molar-refractivity contribution >= 4 is 5.69 Å². The van der Waals surface area contributed by atoms with Gasteiger partial charge in [0.15, 0.2) is 0 Å². The highest BCUT2D eigenvalue weighted by Crippen LogP contribution is 2.30. The zero-order valence-electron chi connectivity index (χ0n) is 8.57. The first-order valence-corrected chi connectivity index (χ1v) is 4.82. The molecule has 0 fully saturated rings. The summed E-state index contributed by atoms with van der Waals surface area (Å²) >= 11 is 0. The van der Waals surface area contributed by atoms with E-state index in [1.165, 1.54) is 0 Å². The van der Waals surface area contributed by atoms with Crippen molar-refractivity contribution in [1.82, 2.24) is 0 Å². The van der Waals surface area contributed by atoms with Gasteiger partial charge in [-0.1, -0.05) is 23.8 Å². The van der Waals surface area contributed by atoms with Gasteiger partial charge in [0.25, 0.3) is 0 Å². The fraction of sp³-hybridized carbons (Fsp3) is 0.0769. The van der Waals surface area contributed by atoms with Crippen LogP contribution in [0.1, 0.15) is 5.56 Å². The monoisotopic (exact) mass is 199 g/mol. The van der Waals surface area contributed by atoms with Gasteiger partial charge in [-0.05, 0) is 36.8 Å². The van der Waals surface area contributed by atoms with Crippen LogP contribution in [0.25, 0.3) is 11.1 Å². The van der Waals surface area contributed by atoms with Crippen LogP contribution in [0.2, 0.25) is 0 Å². The van der Waals surface area contributed by atoms with Crippen molar-refractivity contribution in [3.8, 4) is 16.9 Å². The lowest BCUT2D eigenvalue weighted by molar-refractivity contribution is 0.477. The molecule has 0 aliphatic carbocycles. The third-order valence-electron chi connectivity index (χ3n) is 2.35. The molecule has 0 aliphatic heterocycles. The molecule has 2 aromatic carbocycles. The first kappa shape index (κ1) is 9.59. The van der Waals surface area contributed by atoms with E-state index in [4.69, 9.17) is 5.73 Å². The second-order valence-electron chi connectivity index (χ2n) is 3.65. The summed E-state index contributed by atoms with van der Waals surface area (Å²) < 4.78 is 0. The smallest absolute Gasteiger partial charge is 0.123 e. The maximum absolute atomic E-state index is 9.74. The quantitative estimate of drug-likeness (QED) is 0.693. The standard InChI is InChI=1S/C13H13NO/c1-9-5-6-13(15)12(7-9)10-3-2-4-11(14)8-10/h2-8,15H,14H2,1H3. The molecule has 0 radical (unpaired) electrons. The first-order chi connectivity index (χ1) is 7.16. The molecule has 0 spiro atoms. The number of nitrogen functional groups attached to an aromatic ring is 1. The van der Waals surface area contributed by atoms with Crippen LogP contribution in [-0.2, 0) is 0 Å². The minimum atomic E-state index is 0.284. The normalized spacial score (nSPS) is 10.2. The molecule has 3 N–H and O–H groups in total. The number of hydrogen-bond donors (Lipinski definition) is 2. The van der Waals surface area contributed by atoms with E-state index in [0.29, 0.717) is 5.69 Å². The van der Waals surface area contributed by atoms with E-state index in [1.807, 2.05) is 43.3 Å². The number of aryl methyl sites for hydroxylation is 1. The van der Waals surface area contributed by atoms with E-state index >= 15 is 0 Å². The molecule has 76 valence electrons. The number of benzene rings is 2. The lowest BCUT2D eigenvalue weighted by atomic mass is 10.0. The third kappa shape index (κ3) is 1.94. The fourth-order valence-corrected chi connectivity index (χ4v) is 1.59. The molecular formula is C13H13NO. The summed E-state index contributed by atoms with van der Waals surface area (Å²) in [5.74, 6) is 0.284. The molecule has 2 rings (SSSR count). The summed E-state index contributed by atoms with van der Waals surface area (Å²) in [4.78, 5) is 0. The summed E-state index contributed by atoms with van der Waals surface area (Å²) in [6, 6.07) is 13.0. The van der Waals surface area contributed by atoms with E-state index in [1.54, 1.807) is 6.07 Å². The van der Waals surface area contributed by atoms with E-state index in [9.17, 15) is 5.11 Å². The van der Waals surface area contributed by atoms with Crippen molar-refractivity contribution in [3.63, 3.8) is 0 Å². The van der Waals surface area contributed by atoms with Gasteiger partial charge in [0.1, 0.15) is 5.75 Å². The van der Waals surface area contributed by atoms with Gasteiger partial charge < -0.3 is 10.8 Å². The zero-order valence-corrected chi connectivity index (χ0v) is 8.57. The average molecular weight is 199 g/mol. The minimum Gasteiger partial charge on any atom is -0.507 e. The van der Waals surface area contributed by atoms with Crippen molar-refractivity contribution in [2.75, 3.05) is 5.73 Å². The van der Waals surface area contributed by atoms with E-state index in [2.05, 4.69) is 0 Å². The number of rotatable bonds is 1. The maximum atomic E-state index is 9.74. The van der Waals surface area contributed by atoms with Crippen LogP contribution in [0.3, 0.4) is 0 Å². The van der Waals surface area contributed by atoms with Gasteiger partial charge in [0, 0.05) is 11.3 Å². The second kappa shape index (κ2) is 3.65. The summed E-state index contributed by atoms with van der Waals surface area (Å²) in [5.41, 5.74) is 9.28. The summed E-state index contributed by atoms with van der Waals surface area (Å²) in [6.45, 7) is 2.00. The molecule has 0 heterocycles. The Hall–Kier alpha value is -1.96. The number of anilines is 1. The van der Waals surface area contributed by atoms with Crippen LogP contribution in [0, 0.1) is 6.92 Å². The number of phenols is 1. The van der Waals surface area contributed by atoms with Gasteiger partial charge in [-0.15, -0.1) is 0 Å². The fourth-order valence-electron chi connectivity index (χ4n) is 1.59. The van der Waals surface area contributed by atoms with Crippen LogP contribution in [-0.4, -0.2) is 5.11 Å². The molecule has 0 saturated heterocycles. The SMILES string of the molecule is Cc1ccc(O)c(-c2cccc(N)c2)c1. The molecule has 0 unspecified atom stereocenters. The van der Waals surface area contributed by atoms with Crippen molar-refractivity contribution < 1.29 is 5.11 Å². The molecule has 2 aromatic rings. The summed E-state index contributed by atoms with van der Waals surface area (Å²) in [7, 11) is 0. The average Bonchev–Trinajstić information content (AvgIpc) is 2.22. The van der Waals surface area contributed by atoms with Crippen molar-refractivity contribution in [1.29, 1.82) is 0 Å². The summed E-state index contributed by atoms with van der Waals surface area (Å²) in [6.07, 6.45) is 0. The van der Waals surface area contributed by atoms with Crippen LogP contribution in [0.15, 0.2) is 42.5 Å². The predicted octanol–water partition coefficient (Wildman–Crippen LogP) is 2.95. The zero-order chi connectivity index (χ0) is 10.8. The molecule has 0 aromatic heterocycles. The Bertz CT molecular complexity index is 492. The number of aromatic hydroxyl groups is 1. The topological polar surface area (TPSA) is 46.2 Å². The molecule has 0 bridgehead atoms. The molecule has 0 aliphatic rings.